The standard InChI is InChI=1S/C26H29ClN2O3S/c1-3-4-8-17-28-26(30)22-14-12-21(13-15-22)19-29(25-18-23(27)16-11-20(25)2)33(31,32)24-9-6-5-7-10-24/h5-7,9-16,18H,3-4,8,17,19H2,1-2H3,(H,28,30). The monoisotopic (exact) mass is 484 g/mol. The molecule has 1 amide bonds. The molecule has 0 aliphatic rings. The van der Waals surface area contributed by atoms with Gasteiger partial charge in [-0.25, -0.2) is 8.42 Å². The van der Waals surface area contributed by atoms with Crippen LogP contribution in [-0.2, 0) is 16.6 Å². The predicted molar refractivity (Wildman–Crippen MR) is 134 cm³/mol. The summed E-state index contributed by atoms with van der Waals surface area (Å²) in [7, 11) is -3.84. The Labute approximate surface area is 201 Å². The molecule has 3 aromatic rings. The molecule has 0 saturated carbocycles. The van der Waals surface area contributed by atoms with Gasteiger partial charge in [0, 0.05) is 17.1 Å². The average molecular weight is 485 g/mol. The van der Waals surface area contributed by atoms with E-state index in [1.807, 2.05) is 6.92 Å². The van der Waals surface area contributed by atoms with Crippen LogP contribution in [0.3, 0.4) is 0 Å². The van der Waals surface area contributed by atoms with E-state index in [2.05, 4.69) is 12.2 Å². The summed E-state index contributed by atoms with van der Waals surface area (Å²) in [4.78, 5) is 12.6. The first-order chi connectivity index (χ1) is 15.8. The molecule has 0 radical (unpaired) electrons. The molecule has 0 atom stereocenters. The predicted octanol–water partition coefficient (Wildman–Crippen LogP) is 5.96. The zero-order chi connectivity index (χ0) is 23.8. The second-order valence-corrected chi connectivity index (χ2v) is 10.2. The number of sulfonamides is 1. The molecule has 0 aromatic heterocycles. The zero-order valence-corrected chi connectivity index (χ0v) is 20.5. The van der Waals surface area contributed by atoms with Crippen LogP contribution in [0.5, 0.6) is 0 Å². The first kappa shape index (κ1) is 24.8. The van der Waals surface area contributed by atoms with Crippen molar-refractivity contribution in [2.24, 2.45) is 0 Å². The van der Waals surface area contributed by atoms with Crippen LogP contribution in [0.4, 0.5) is 5.69 Å². The van der Waals surface area contributed by atoms with Gasteiger partial charge in [-0.15, -0.1) is 0 Å². The van der Waals surface area contributed by atoms with Gasteiger partial charge in [0.05, 0.1) is 17.1 Å². The van der Waals surface area contributed by atoms with Gasteiger partial charge in [0.1, 0.15) is 0 Å². The molecule has 0 fully saturated rings. The van der Waals surface area contributed by atoms with Gasteiger partial charge in [0.15, 0.2) is 0 Å². The normalized spacial score (nSPS) is 11.2. The molecule has 3 aromatic carbocycles. The van der Waals surface area contributed by atoms with Crippen LogP contribution >= 0.6 is 11.6 Å². The highest BCUT2D eigenvalue weighted by atomic mass is 35.5. The van der Waals surface area contributed by atoms with E-state index in [0.717, 1.165) is 30.4 Å². The molecule has 0 spiro atoms. The number of carbonyl (C=O) groups excluding carboxylic acids is 1. The van der Waals surface area contributed by atoms with E-state index >= 15 is 0 Å². The lowest BCUT2D eigenvalue weighted by atomic mass is 10.1. The Bertz CT molecular complexity index is 1180. The number of aryl methyl sites for hydroxylation is 1. The summed E-state index contributed by atoms with van der Waals surface area (Å²) in [5.41, 5.74) is 2.62. The van der Waals surface area contributed by atoms with Crippen LogP contribution in [-0.4, -0.2) is 20.9 Å². The number of hydrogen-bond acceptors (Lipinski definition) is 3. The van der Waals surface area contributed by atoms with E-state index in [1.54, 1.807) is 72.8 Å². The molecule has 0 unspecified atom stereocenters. The van der Waals surface area contributed by atoms with Gasteiger partial charge in [0.2, 0.25) is 0 Å². The van der Waals surface area contributed by atoms with Gasteiger partial charge in [-0.1, -0.05) is 67.8 Å². The number of nitrogens with zero attached hydrogens (tertiary/aromatic N) is 1. The van der Waals surface area contributed by atoms with Crippen LogP contribution in [0.15, 0.2) is 77.7 Å². The van der Waals surface area contributed by atoms with Crippen LogP contribution < -0.4 is 9.62 Å². The molecule has 5 nitrogen and oxygen atoms in total. The SMILES string of the molecule is CCCCCNC(=O)c1ccc(CN(c2cc(Cl)ccc2C)S(=O)(=O)c2ccccc2)cc1. The van der Waals surface area contributed by atoms with Crippen molar-refractivity contribution >= 4 is 33.2 Å². The Hall–Kier alpha value is -2.83. The van der Waals surface area contributed by atoms with Crippen LogP contribution in [0.1, 0.15) is 47.7 Å². The second-order valence-electron chi connectivity index (χ2n) is 7.92. The van der Waals surface area contributed by atoms with Crippen molar-refractivity contribution in [3.63, 3.8) is 0 Å². The third-order valence-electron chi connectivity index (χ3n) is 5.38. The number of anilines is 1. The maximum atomic E-state index is 13.6. The molecular weight excluding hydrogens is 456 g/mol. The van der Waals surface area contributed by atoms with E-state index in [9.17, 15) is 13.2 Å². The molecule has 7 heteroatoms. The van der Waals surface area contributed by atoms with Crippen molar-refractivity contribution in [3.8, 4) is 0 Å². The van der Waals surface area contributed by atoms with Crippen molar-refractivity contribution in [2.75, 3.05) is 10.8 Å². The summed E-state index contributed by atoms with van der Waals surface area (Å²) in [6.45, 7) is 4.72. The quantitative estimate of drug-likeness (QED) is 0.361. The summed E-state index contributed by atoms with van der Waals surface area (Å²) < 4.78 is 28.5. The molecule has 0 aliphatic heterocycles. The average Bonchev–Trinajstić information content (AvgIpc) is 2.82. The zero-order valence-electron chi connectivity index (χ0n) is 18.9. The number of amides is 1. The van der Waals surface area contributed by atoms with Gasteiger partial charge in [-0.3, -0.25) is 9.10 Å². The molecular formula is C26H29ClN2O3S. The highest BCUT2D eigenvalue weighted by Gasteiger charge is 2.26. The molecule has 0 bridgehead atoms. The van der Waals surface area contributed by atoms with Crippen molar-refractivity contribution in [1.29, 1.82) is 0 Å². The molecule has 0 aliphatic carbocycles. The van der Waals surface area contributed by atoms with Crippen LogP contribution in [0.2, 0.25) is 5.02 Å². The lowest BCUT2D eigenvalue weighted by Crippen LogP contribution is -2.31. The number of halogens is 1. The Balaban J connectivity index is 1.88. The Morgan fingerprint density at radius 2 is 1.67 bits per heavy atom. The summed E-state index contributed by atoms with van der Waals surface area (Å²) in [5, 5.41) is 3.38. The Kier molecular flexibility index (Phi) is 8.53. The summed E-state index contributed by atoms with van der Waals surface area (Å²) in [6.07, 6.45) is 3.12. The number of rotatable bonds is 10. The first-order valence-corrected chi connectivity index (χ1v) is 12.9. The van der Waals surface area contributed by atoms with Gasteiger partial charge in [-0.05, 0) is 60.9 Å². The van der Waals surface area contributed by atoms with Crippen molar-refractivity contribution in [3.05, 3.63) is 94.5 Å². The number of benzene rings is 3. The van der Waals surface area contributed by atoms with Gasteiger partial charge < -0.3 is 5.32 Å². The summed E-state index contributed by atoms with van der Waals surface area (Å²) in [6, 6.07) is 20.6. The number of unbranched alkanes of at least 4 members (excludes halogenated alkanes) is 2. The maximum Gasteiger partial charge on any atom is 0.264 e. The highest BCUT2D eigenvalue weighted by Crippen LogP contribution is 2.31. The highest BCUT2D eigenvalue weighted by molar-refractivity contribution is 7.92. The largest absolute Gasteiger partial charge is 0.352 e. The number of carbonyl (C=O) groups is 1. The fraction of sp³-hybridized carbons (Fsp3) is 0.269. The van der Waals surface area contributed by atoms with Gasteiger partial charge in [0.25, 0.3) is 15.9 Å². The fourth-order valence-corrected chi connectivity index (χ4v) is 5.17. The van der Waals surface area contributed by atoms with Crippen molar-refractivity contribution in [2.45, 2.75) is 44.6 Å². The fourth-order valence-electron chi connectivity index (χ4n) is 3.48. The minimum absolute atomic E-state index is 0.108. The molecule has 3 rings (SSSR count). The molecule has 33 heavy (non-hydrogen) atoms. The lowest BCUT2D eigenvalue weighted by molar-refractivity contribution is 0.0953. The first-order valence-electron chi connectivity index (χ1n) is 11.0. The molecule has 0 heterocycles. The minimum Gasteiger partial charge on any atom is -0.352 e. The van der Waals surface area contributed by atoms with Crippen molar-refractivity contribution in [1.82, 2.24) is 5.32 Å². The third-order valence-corrected chi connectivity index (χ3v) is 7.39. The summed E-state index contributed by atoms with van der Waals surface area (Å²) in [5.74, 6) is -0.128. The van der Waals surface area contributed by atoms with Gasteiger partial charge in [-0.2, -0.15) is 0 Å². The minimum atomic E-state index is -3.84. The van der Waals surface area contributed by atoms with Gasteiger partial charge >= 0.3 is 0 Å². The Morgan fingerprint density at radius 3 is 2.33 bits per heavy atom. The van der Waals surface area contributed by atoms with Crippen LogP contribution in [0.25, 0.3) is 0 Å². The van der Waals surface area contributed by atoms with E-state index < -0.39 is 10.0 Å². The van der Waals surface area contributed by atoms with Crippen LogP contribution in [0, 0.1) is 6.92 Å². The summed E-state index contributed by atoms with van der Waals surface area (Å²) >= 11 is 6.21. The lowest BCUT2D eigenvalue weighted by Gasteiger charge is -2.26. The maximum absolute atomic E-state index is 13.6. The van der Waals surface area contributed by atoms with Crippen molar-refractivity contribution < 1.29 is 13.2 Å². The molecule has 0 saturated heterocycles. The second kappa shape index (κ2) is 11.3. The smallest absolute Gasteiger partial charge is 0.264 e. The van der Waals surface area contributed by atoms with E-state index in [-0.39, 0.29) is 17.3 Å². The molecule has 1 N–H and O–H groups in total. The Morgan fingerprint density at radius 1 is 0.970 bits per heavy atom. The molecule has 174 valence electrons. The van der Waals surface area contributed by atoms with E-state index in [4.69, 9.17) is 11.6 Å². The topological polar surface area (TPSA) is 66.5 Å². The third kappa shape index (κ3) is 6.36. The van der Waals surface area contributed by atoms with E-state index in [0.29, 0.717) is 22.8 Å². The number of nitrogens with one attached hydrogen (secondary N) is 1. The number of hydrogen-bond donors (Lipinski definition) is 1. The van der Waals surface area contributed by atoms with E-state index in [1.165, 1.54) is 4.31 Å².